The molecule has 6 rings (SSSR count). The van der Waals surface area contributed by atoms with Crippen LogP contribution in [0.1, 0.15) is 16.1 Å². The first-order valence-corrected chi connectivity index (χ1v) is 12.4. The normalized spacial score (nSPS) is 11.1. The second kappa shape index (κ2) is 10.2. The molecule has 0 saturated heterocycles. The highest BCUT2D eigenvalue weighted by Crippen LogP contribution is 2.37. The van der Waals surface area contributed by atoms with Crippen molar-refractivity contribution in [1.29, 1.82) is 0 Å². The minimum atomic E-state index is -0.763. The molecular formula is C29H21F2N7O3. The van der Waals surface area contributed by atoms with E-state index in [-0.39, 0.29) is 22.7 Å². The fourth-order valence-corrected chi connectivity index (χ4v) is 4.45. The van der Waals surface area contributed by atoms with Crippen LogP contribution in [0.15, 0.2) is 83.9 Å². The molecule has 3 aromatic heterocycles. The van der Waals surface area contributed by atoms with Crippen molar-refractivity contribution in [3.8, 4) is 28.4 Å². The van der Waals surface area contributed by atoms with Gasteiger partial charge in [0.2, 0.25) is 0 Å². The molecule has 0 aliphatic rings. The van der Waals surface area contributed by atoms with Gasteiger partial charge in [-0.1, -0.05) is 0 Å². The highest BCUT2D eigenvalue weighted by atomic mass is 19.1. The molecule has 3 heterocycles. The minimum Gasteiger partial charge on any atom is -0.454 e. The summed E-state index contributed by atoms with van der Waals surface area (Å²) in [5.74, 6) is -1.67. The van der Waals surface area contributed by atoms with E-state index >= 15 is 4.39 Å². The lowest BCUT2D eigenvalue weighted by Crippen LogP contribution is -2.29. The van der Waals surface area contributed by atoms with Crippen LogP contribution in [0, 0.1) is 18.6 Å². The summed E-state index contributed by atoms with van der Waals surface area (Å²) in [4.78, 5) is 25.8. The summed E-state index contributed by atoms with van der Waals surface area (Å²) in [6, 6.07) is 15.8. The van der Waals surface area contributed by atoms with Crippen LogP contribution < -0.4 is 15.6 Å². The Morgan fingerprint density at radius 3 is 2.54 bits per heavy atom. The Bertz CT molecular complexity index is 1990. The number of halogens is 2. The van der Waals surface area contributed by atoms with Crippen molar-refractivity contribution >= 4 is 22.5 Å². The third-order valence-electron chi connectivity index (χ3n) is 6.39. The molecule has 1 amide bonds. The van der Waals surface area contributed by atoms with Crippen molar-refractivity contribution in [2.75, 3.05) is 5.32 Å². The number of H-pyrrole nitrogens is 1. The standard InChI is InChI=1S/C29H21F2N7O3/c1-16-11-25(37(2)36-16)22-14-24-17(15-32-35-24)12-27(22)41-26-8-5-19(13-23(26)31)34-28(39)21-9-10-33-38(29(21)40)20-6-3-18(30)4-7-20/h3-15H,1-2H3,(H,32,35)(H,34,39). The Morgan fingerprint density at radius 1 is 1.00 bits per heavy atom. The molecule has 0 radical (unpaired) electrons. The Hall–Kier alpha value is -5.65. The van der Waals surface area contributed by atoms with Crippen molar-refractivity contribution in [1.82, 2.24) is 29.8 Å². The smallest absolute Gasteiger partial charge is 0.284 e. The minimum absolute atomic E-state index is 0.0754. The number of carbonyl (C=O) groups is 1. The number of amides is 1. The molecule has 0 spiro atoms. The van der Waals surface area contributed by atoms with E-state index in [1.54, 1.807) is 24.0 Å². The lowest BCUT2D eigenvalue weighted by atomic mass is 10.1. The van der Waals surface area contributed by atoms with Crippen LogP contribution in [-0.4, -0.2) is 35.7 Å². The summed E-state index contributed by atoms with van der Waals surface area (Å²) in [7, 11) is 1.80. The van der Waals surface area contributed by atoms with Crippen LogP contribution in [0.3, 0.4) is 0 Å². The molecule has 2 N–H and O–H groups in total. The molecule has 0 saturated carbocycles. The fourth-order valence-electron chi connectivity index (χ4n) is 4.45. The summed E-state index contributed by atoms with van der Waals surface area (Å²) in [5, 5.41) is 18.6. The zero-order valence-electron chi connectivity index (χ0n) is 21.7. The summed E-state index contributed by atoms with van der Waals surface area (Å²) < 4.78 is 37.2. The van der Waals surface area contributed by atoms with Gasteiger partial charge in [0.05, 0.1) is 28.8 Å². The van der Waals surface area contributed by atoms with Gasteiger partial charge in [-0.2, -0.15) is 20.0 Å². The number of aromatic nitrogens is 6. The van der Waals surface area contributed by atoms with Gasteiger partial charge < -0.3 is 10.1 Å². The molecule has 6 aromatic rings. The maximum atomic E-state index is 15.2. The number of ether oxygens (including phenoxy) is 1. The Labute approximate surface area is 230 Å². The number of aromatic amines is 1. The van der Waals surface area contributed by atoms with E-state index in [0.29, 0.717) is 11.3 Å². The second-order valence-corrected chi connectivity index (χ2v) is 9.24. The number of aryl methyl sites for hydroxylation is 2. The van der Waals surface area contributed by atoms with Crippen LogP contribution in [0.2, 0.25) is 0 Å². The van der Waals surface area contributed by atoms with E-state index in [2.05, 4.69) is 25.7 Å². The number of rotatable bonds is 6. The summed E-state index contributed by atoms with van der Waals surface area (Å²) in [5.41, 5.74) is 2.48. The molecule has 12 heteroatoms. The quantitative estimate of drug-likeness (QED) is 0.295. The van der Waals surface area contributed by atoms with Gasteiger partial charge in [0.25, 0.3) is 11.5 Å². The highest BCUT2D eigenvalue weighted by Gasteiger charge is 2.18. The maximum Gasteiger partial charge on any atom is 0.284 e. The average Bonchev–Trinajstić information content (AvgIpc) is 3.54. The second-order valence-electron chi connectivity index (χ2n) is 9.24. The van der Waals surface area contributed by atoms with Crippen molar-refractivity contribution < 1.29 is 18.3 Å². The third kappa shape index (κ3) is 4.93. The first-order valence-electron chi connectivity index (χ1n) is 12.4. The average molecular weight is 554 g/mol. The van der Waals surface area contributed by atoms with Crippen LogP contribution in [0.4, 0.5) is 14.5 Å². The predicted molar refractivity (Wildman–Crippen MR) is 147 cm³/mol. The van der Waals surface area contributed by atoms with E-state index in [4.69, 9.17) is 4.74 Å². The molecule has 0 atom stereocenters. The number of nitrogens with zero attached hydrogens (tertiary/aromatic N) is 5. The fraction of sp³-hybridized carbons (Fsp3) is 0.0690. The van der Waals surface area contributed by atoms with Gasteiger partial charge in [-0.15, -0.1) is 0 Å². The van der Waals surface area contributed by atoms with Gasteiger partial charge in [-0.25, -0.2) is 8.78 Å². The number of hydrogen-bond acceptors (Lipinski definition) is 6. The first-order chi connectivity index (χ1) is 19.8. The Morgan fingerprint density at radius 2 is 1.80 bits per heavy atom. The summed E-state index contributed by atoms with van der Waals surface area (Å²) >= 11 is 0. The number of carbonyl (C=O) groups excluding carboxylic acids is 1. The zero-order chi connectivity index (χ0) is 28.7. The van der Waals surface area contributed by atoms with Crippen molar-refractivity contribution in [2.45, 2.75) is 6.92 Å². The monoisotopic (exact) mass is 553 g/mol. The molecular weight excluding hydrogens is 532 g/mol. The maximum absolute atomic E-state index is 15.2. The lowest BCUT2D eigenvalue weighted by molar-refractivity contribution is 0.102. The Kier molecular flexibility index (Phi) is 6.34. The number of fused-ring (bicyclic) bond motifs is 1. The van der Waals surface area contributed by atoms with Crippen molar-refractivity contribution in [3.05, 3.63) is 112 Å². The number of nitrogens with one attached hydrogen (secondary N) is 2. The Balaban J connectivity index is 1.27. The molecule has 0 aliphatic carbocycles. The number of anilines is 1. The van der Waals surface area contributed by atoms with E-state index < -0.39 is 23.1 Å². The highest BCUT2D eigenvalue weighted by molar-refractivity contribution is 6.04. The largest absolute Gasteiger partial charge is 0.454 e. The van der Waals surface area contributed by atoms with E-state index in [9.17, 15) is 14.0 Å². The molecule has 41 heavy (non-hydrogen) atoms. The van der Waals surface area contributed by atoms with Gasteiger partial charge >= 0.3 is 0 Å². The van der Waals surface area contributed by atoms with E-state index in [1.165, 1.54) is 48.7 Å². The van der Waals surface area contributed by atoms with Crippen molar-refractivity contribution in [3.63, 3.8) is 0 Å². The number of benzene rings is 3. The lowest BCUT2D eigenvalue weighted by Gasteiger charge is -2.14. The molecule has 10 nitrogen and oxygen atoms in total. The van der Waals surface area contributed by atoms with Crippen LogP contribution in [-0.2, 0) is 7.05 Å². The molecule has 204 valence electrons. The van der Waals surface area contributed by atoms with Crippen LogP contribution >= 0.6 is 0 Å². The predicted octanol–water partition coefficient (Wildman–Crippen LogP) is 5.14. The summed E-state index contributed by atoms with van der Waals surface area (Å²) in [6.07, 6.45) is 2.91. The molecule has 0 unspecified atom stereocenters. The van der Waals surface area contributed by atoms with Crippen LogP contribution in [0.5, 0.6) is 11.5 Å². The van der Waals surface area contributed by atoms with Gasteiger partial charge in [0.15, 0.2) is 11.6 Å². The van der Waals surface area contributed by atoms with E-state index in [1.807, 2.05) is 19.1 Å². The zero-order valence-corrected chi connectivity index (χ0v) is 21.7. The van der Waals surface area contributed by atoms with Gasteiger partial charge in [-0.05, 0) is 67.6 Å². The first kappa shape index (κ1) is 25.6. The van der Waals surface area contributed by atoms with E-state index in [0.717, 1.165) is 33.0 Å². The van der Waals surface area contributed by atoms with Gasteiger partial charge in [-0.3, -0.25) is 19.4 Å². The number of hydrogen-bond donors (Lipinski definition) is 2. The third-order valence-corrected chi connectivity index (χ3v) is 6.39. The topological polar surface area (TPSA) is 120 Å². The molecule has 0 bridgehead atoms. The molecule has 3 aromatic carbocycles. The van der Waals surface area contributed by atoms with Gasteiger partial charge in [0, 0.05) is 35.9 Å². The SMILES string of the molecule is Cc1cc(-c2cc3[nH]ncc3cc2Oc2ccc(NC(=O)c3ccnn(-c4ccc(F)cc4)c3=O)cc2F)n(C)n1. The van der Waals surface area contributed by atoms with Crippen molar-refractivity contribution in [2.24, 2.45) is 7.05 Å². The molecule has 0 aliphatic heterocycles. The van der Waals surface area contributed by atoms with Gasteiger partial charge in [0.1, 0.15) is 17.1 Å². The van der Waals surface area contributed by atoms with Crippen LogP contribution in [0.25, 0.3) is 27.8 Å². The molecule has 0 fully saturated rings. The summed E-state index contributed by atoms with van der Waals surface area (Å²) in [6.45, 7) is 1.87.